The van der Waals surface area contributed by atoms with Crippen molar-refractivity contribution in [2.45, 2.75) is 18.9 Å². The molecular formula is C7H13NO4. The molecule has 5 heteroatoms. The maximum Gasteiger partial charge on any atom is 0.204 e. The molecule has 0 amide bonds. The molecule has 1 rings (SSSR count). The van der Waals surface area contributed by atoms with E-state index in [0.717, 1.165) is 6.42 Å². The molecule has 1 fully saturated rings. The van der Waals surface area contributed by atoms with Crippen molar-refractivity contribution in [2.24, 2.45) is 0 Å². The van der Waals surface area contributed by atoms with E-state index in [1.165, 1.54) is 0 Å². The Bertz CT molecular complexity index is 144. The highest BCUT2D eigenvalue weighted by Gasteiger charge is 2.14. The van der Waals surface area contributed by atoms with Gasteiger partial charge in [-0.15, -0.1) is 0 Å². The fourth-order valence-corrected chi connectivity index (χ4v) is 1.15. The van der Waals surface area contributed by atoms with E-state index in [1.54, 1.807) is 0 Å². The first-order valence-corrected chi connectivity index (χ1v) is 4.10. The van der Waals surface area contributed by atoms with E-state index >= 15 is 0 Å². The van der Waals surface area contributed by atoms with Gasteiger partial charge < -0.3 is 9.47 Å². The molecule has 0 aromatic carbocycles. The Morgan fingerprint density at radius 2 is 2.33 bits per heavy atom. The lowest BCUT2D eigenvalue weighted by molar-refractivity contribution is -0.480. The molecule has 0 radical (unpaired) electrons. The summed E-state index contributed by atoms with van der Waals surface area (Å²) in [6, 6.07) is 0. The molecule has 0 N–H and O–H groups in total. The monoisotopic (exact) mass is 175 g/mol. The lowest BCUT2D eigenvalue weighted by Gasteiger charge is -2.22. The summed E-state index contributed by atoms with van der Waals surface area (Å²) < 4.78 is 10.5. The molecule has 1 heterocycles. The standard InChI is InChI=1S/C7H13NO4/c9-8(10)3-1-2-7-6-11-4-5-12-7/h7H,1-6H2. The summed E-state index contributed by atoms with van der Waals surface area (Å²) in [7, 11) is 0. The minimum atomic E-state index is -0.302. The number of hydrogen-bond acceptors (Lipinski definition) is 4. The van der Waals surface area contributed by atoms with Gasteiger partial charge >= 0.3 is 0 Å². The van der Waals surface area contributed by atoms with Crippen LogP contribution in [0.2, 0.25) is 0 Å². The normalized spacial score (nSPS) is 23.8. The molecule has 12 heavy (non-hydrogen) atoms. The van der Waals surface area contributed by atoms with E-state index in [2.05, 4.69) is 0 Å². The summed E-state index contributed by atoms with van der Waals surface area (Å²) in [5.41, 5.74) is 0. The van der Waals surface area contributed by atoms with Gasteiger partial charge in [-0.25, -0.2) is 0 Å². The zero-order valence-electron chi connectivity index (χ0n) is 6.90. The van der Waals surface area contributed by atoms with Crippen molar-refractivity contribution in [3.8, 4) is 0 Å². The number of nitrogens with zero attached hydrogens (tertiary/aromatic N) is 1. The fraction of sp³-hybridized carbons (Fsp3) is 1.00. The third-order valence-electron chi connectivity index (χ3n) is 1.75. The van der Waals surface area contributed by atoms with Crippen LogP contribution in [0.1, 0.15) is 12.8 Å². The molecule has 0 aromatic rings. The van der Waals surface area contributed by atoms with Crippen LogP contribution in [0, 0.1) is 10.1 Å². The summed E-state index contributed by atoms with van der Waals surface area (Å²) in [6.45, 7) is 1.87. The zero-order chi connectivity index (χ0) is 8.81. The molecule has 0 aromatic heterocycles. The van der Waals surface area contributed by atoms with Gasteiger partial charge in [0.25, 0.3) is 0 Å². The maximum atomic E-state index is 9.97. The van der Waals surface area contributed by atoms with Crippen LogP contribution in [-0.2, 0) is 9.47 Å². The number of nitro groups is 1. The van der Waals surface area contributed by atoms with Gasteiger partial charge in [-0.05, 0) is 6.42 Å². The second-order valence-electron chi connectivity index (χ2n) is 2.77. The predicted octanol–water partition coefficient (Wildman–Crippen LogP) is 0.459. The van der Waals surface area contributed by atoms with Crippen molar-refractivity contribution in [3.63, 3.8) is 0 Å². The molecule has 5 nitrogen and oxygen atoms in total. The lowest BCUT2D eigenvalue weighted by atomic mass is 10.2. The van der Waals surface area contributed by atoms with Gasteiger partial charge in [-0.2, -0.15) is 0 Å². The Labute approximate surface area is 70.8 Å². The summed E-state index contributed by atoms with van der Waals surface area (Å²) in [5, 5.41) is 9.97. The van der Waals surface area contributed by atoms with E-state index in [0.29, 0.717) is 26.2 Å². The van der Waals surface area contributed by atoms with E-state index in [4.69, 9.17) is 9.47 Å². The van der Waals surface area contributed by atoms with Gasteiger partial charge in [0.15, 0.2) is 0 Å². The van der Waals surface area contributed by atoms with Crippen LogP contribution in [0.4, 0.5) is 0 Å². The first-order chi connectivity index (χ1) is 5.79. The highest BCUT2D eigenvalue weighted by Crippen LogP contribution is 2.07. The highest BCUT2D eigenvalue weighted by molar-refractivity contribution is 4.60. The van der Waals surface area contributed by atoms with Crippen LogP contribution in [0.3, 0.4) is 0 Å². The van der Waals surface area contributed by atoms with Crippen LogP contribution < -0.4 is 0 Å². The average molecular weight is 175 g/mol. The third kappa shape index (κ3) is 3.64. The topological polar surface area (TPSA) is 61.6 Å². The number of hydrogen-bond donors (Lipinski definition) is 0. The SMILES string of the molecule is O=[N+]([O-])CCCC1COCCO1. The maximum absolute atomic E-state index is 9.97. The molecule has 0 spiro atoms. The first-order valence-electron chi connectivity index (χ1n) is 4.10. The molecular weight excluding hydrogens is 162 g/mol. The van der Waals surface area contributed by atoms with Crippen molar-refractivity contribution in [3.05, 3.63) is 10.1 Å². The largest absolute Gasteiger partial charge is 0.376 e. The van der Waals surface area contributed by atoms with E-state index in [-0.39, 0.29) is 17.6 Å². The molecule has 0 saturated carbocycles. The van der Waals surface area contributed by atoms with Crippen LogP contribution in [-0.4, -0.2) is 37.4 Å². The highest BCUT2D eigenvalue weighted by atomic mass is 16.6. The molecule has 1 aliphatic rings. The average Bonchev–Trinajstić information content (AvgIpc) is 2.05. The van der Waals surface area contributed by atoms with Crippen LogP contribution in [0.15, 0.2) is 0 Å². The summed E-state index contributed by atoms with van der Waals surface area (Å²) in [5.74, 6) is 0. The number of rotatable bonds is 4. The van der Waals surface area contributed by atoms with Crippen molar-refractivity contribution >= 4 is 0 Å². The summed E-state index contributed by atoms with van der Waals surface area (Å²) >= 11 is 0. The smallest absolute Gasteiger partial charge is 0.204 e. The minimum absolute atomic E-state index is 0.0276. The van der Waals surface area contributed by atoms with E-state index in [1.807, 2.05) is 0 Å². The summed E-state index contributed by atoms with van der Waals surface area (Å²) in [6.07, 6.45) is 1.36. The van der Waals surface area contributed by atoms with Gasteiger partial charge in [0.2, 0.25) is 6.54 Å². The quantitative estimate of drug-likeness (QED) is 0.460. The molecule has 70 valence electrons. The third-order valence-corrected chi connectivity index (χ3v) is 1.75. The minimum Gasteiger partial charge on any atom is -0.376 e. The molecule has 1 saturated heterocycles. The van der Waals surface area contributed by atoms with Gasteiger partial charge in [0.1, 0.15) is 0 Å². The Morgan fingerprint density at radius 1 is 1.50 bits per heavy atom. The van der Waals surface area contributed by atoms with Gasteiger partial charge in [-0.1, -0.05) is 0 Å². The van der Waals surface area contributed by atoms with Crippen LogP contribution in [0.5, 0.6) is 0 Å². The van der Waals surface area contributed by atoms with E-state index < -0.39 is 0 Å². The van der Waals surface area contributed by atoms with Crippen molar-refractivity contribution in [1.82, 2.24) is 0 Å². The molecule has 1 atom stereocenters. The second kappa shape index (κ2) is 5.05. The number of ether oxygens (including phenoxy) is 2. The zero-order valence-corrected chi connectivity index (χ0v) is 6.90. The predicted molar refractivity (Wildman–Crippen MR) is 41.7 cm³/mol. The van der Waals surface area contributed by atoms with Crippen molar-refractivity contribution < 1.29 is 14.4 Å². The fourth-order valence-electron chi connectivity index (χ4n) is 1.15. The molecule has 0 aliphatic carbocycles. The van der Waals surface area contributed by atoms with Gasteiger partial charge in [0, 0.05) is 11.3 Å². The molecule has 1 unspecified atom stereocenters. The van der Waals surface area contributed by atoms with Crippen LogP contribution >= 0.6 is 0 Å². The molecule has 0 bridgehead atoms. The molecule has 1 aliphatic heterocycles. The van der Waals surface area contributed by atoms with E-state index in [9.17, 15) is 10.1 Å². The Balaban J connectivity index is 2.01. The first kappa shape index (κ1) is 9.41. The Hall–Kier alpha value is -0.680. The second-order valence-corrected chi connectivity index (χ2v) is 2.77. The van der Waals surface area contributed by atoms with Crippen molar-refractivity contribution in [2.75, 3.05) is 26.4 Å². The van der Waals surface area contributed by atoms with Crippen molar-refractivity contribution in [1.29, 1.82) is 0 Å². The Morgan fingerprint density at radius 3 is 2.92 bits per heavy atom. The summed E-state index contributed by atoms with van der Waals surface area (Å²) in [4.78, 5) is 9.67. The Kier molecular flexibility index (Phi) is 3.96. The van der Waals surface area contributed by atoms with Gasteiger partial charge in [-0.3, -0.25) is 10.1 Å². The lowest BCUT2D eigenvalue weighted by Crippen LogP contribution is -2.28. The van der Waals surface area contributed by atoms with Gasteiger partial charge in [0.05, 0.1) is 25.9 Å². The van der Waals surface area contributed by atoms with Crippen LogP contribution in [0.25, 0.3) is 0 Å².